The predicted octanol–water partition coefficient (Wildman–Crippen LogP) is 3.11. The largest absolute Gasteiger partial charge is 0.389 e. The van der Waals surface area contributed by atoms with Crippen LogP contribution in [0.15, 0.2) is 29.2 Å². The van der Waals surface area contributed by atoms with Gasteiger partial charge in [0.15, 0.2) is 0 Å². The molecular weight excluding hydrogens is 270 g/mol. The van der Waals surface area contributed by atoms with Gasteiger partial charge in [0, 0.05) is 11.4 Å². The van der Waals surface area contributed by atoms with E-state index in [0.29, 0.717) is 19.8 Å². The number of thiophene rings is 1. The average molecular weight is 295 g/mol. The van der Waals surface area contributed by atoms with Gasteiger partial charge in [-0.05, 0) is 50.1 Å². The van der Waals surface area contributed by atoms with Gasteiger partial charge in [0.05, 0.1) is 19.3 Å². The van der Waals surface area contributed by atoms with E-state index < -0.39 is 6.10 Å². The minimum absolute atomic E-state index is 0.396. The first kappa shape index (κ1) is 15.7. The first-order valence-corrected chi connectivity index (χ1v) is 8.39. The summed E-state index contributed by atoms with van der Waals surface area (Å²) in [5.74, 6) is 0. The zero-order valence-corrected chi connectivity index (χ0v) is 12.8. The van der Waals surface area contributed by atoms with E-state index in [4.69, 9.17) is 4.74 Å². The lowest BCUT2D eigenvalue weighted by Gasteiger charge is -2.15. The highest BCUT2D eigenvalue weighted by Gasteiger charge is 2.06. The molecule has 1 atom stereocenters. The summed E-state index contributed by atoms with van der Waals surface area (Å²) >= 11 is 1.68. The highest BCUT2D eigenvalue weighted by Crippen LogP contribution is 2.19. The van der Waals surface area contributed by atoms with Gasteiger partial charge in [-0.3, -0.25) is 0 Å². The monoisotopic (exact) mass is 295 g/mol. The van der Waals surface area contributed by atoms with E-state index in [0.717, 1.165) is 13.0 Å². The second-order valence-electron chi connectivity index (χ2n) is 5.31. The van der Waals surface area contributed by atoms with E-state index in [-0.39, 0.29) is 0 Å². The first-order chi connectivity index (χ1) is 9.84. The van der Waals surface area contributed by atoms with Crippen molar-refractivity contribution in [2.45, 2.75) is 44.8 Å². The fraction of sp³-hybridized carbons (Fsp3) is 0.625. The second-order valence-corrected chi connectivity index (χ2v) is 6.34. The number of ether oxygens (including phenoxy) is 1. The van der Waals surface area contributed by atoms with Gasteiger partial charge < -0.3 is 15.2 Å². The molecule has 0 fully saturated rings. The molecule has 1 aliphatic rings. The maximum atomic E-state index is 9.82. The Labute approximate surface area is 125 Å². The average Bonchev–Trinajstić information content (AvgIpc) is 2.98. The molecule has 2 rings (SSSR count). The quantitative estimate of drug-likeness (QED) is 0.543. The highest BCUT2D eigenvalue weighted by molar-refractivity contribution is 7.09. The Balaban J connectivity index is 1.47. The van der Waals surface area contributed by atoms with Crippen LogP contribution in [0.3, 0.4) is 0 Å². The van der Waals surface area contributed by atoms with Gasteiger partial charge >= 0.3 is 0 Å². The molecule has 0 amide bonds. The molecule has 0 aromatic carbocycles. The molecule has 3 nitrogen and oxygen atoms in total. The fourth-order valence-electron chi connectivity index (χ4n) is 2.40. The lowest BCUT2D eigenvalue weighted by molar-refractivity contribution is 0.0300. The van der Waals surface area contributed by atoms with Crippen molar-refractivity contribution < 1.29 is 9.84 Å². The topological polar surface area (TPSA) is 41.5 Å². The summed E-state index contributed by atoms with van der Waals surface area (Å²) in [4.78, 5) is 1.20. The second kappa shape index (κ2) is 9.29. The maximum Gasteiger partial charge on any atom is 0.0897 e. The molecule has 0 bridgehead atoms. The summed E-state index contributed by atoms with van der Waals surface area (Å²) in [5.41, 5.74) is 1.58. The van der Waals surface area contributed by atoms with Gasteiger partial charge in [-0.15, -0.1) is 11.3 Å². The molecule has 20 heavy (non-hydrogen) atoms. The lowest BCUT2D eigenvalue weighted by atomic mass is 9.97. The first-order valence-electron chi connectivity index (χ1n) is 7.51. The summed E-state index contributed by atoms with van der Waals surface area (Å²) in [6, 6.07) is 4.06. The summed E-state index contributed by atoms with van der Waals surface area (Å²) < 4.78 is 5.50. The van der Waals surface area contributed by atoms with Gasteiger partial charge in [-0.1, -0.05) is 17.7 Å². The molecule has 1 unspecified atom stereocenters. The third-order valence-corrected chi connectivity index (χ3v) is 4.37. The Bertz CT molecular complexity index is 389. The van der Waals surface area contributed by atoms with Crippen LogP contribution in [0, 0.1) is 0 Å². The van der Waals surface area contributed by atoms with Crippen molar-refractivity contribution in [3.05, 3.63) is 34.0 Å². The molecule has 1 aliphatic carbocycles. The summed E-state index contributed by atoms with van der Waals surface area (Å²) in [6.45, 7) is 2.56. The molecule has 0 aliphatic heterocycles. The number of aliphatic hydroxyl groups excluding tert-OH is 1. The lowest BCUT2D eigenvalue weighted by Crippen LogP contribution is -2.31. The molecule has 0 saturated heterocycles. The predicted molar refractivity (Wildman–Crippen MR) is 84.0 cm³/mol. The van der Waals surface area contributed by atoms with Crippen LogP contribution >= 0.6 is 11.3 Å². The number of aliphatic hydroxyl groups is 1. The molecule has 1 aromatic heterocycles. The number of rotatable bonds is 9. The van der Waals surface area contributed by atoms with Gasteiger partial charge in [0.2, 0.25) is 0 Å². The standard InChI is InChI=1S/C16H25NO2S/c18-15(12-19-13-16-7-4-10-20-16)11-17-9-8-14-5-2-1-3-6-14/h4-5,7,10,15,17-18H,1-3,6,8-9,11-13H2. The highest BCUT2D eigenvalue weighted by atomic mass is 32.1. The van der Waals surface area contributed by atoms with E-state index in [9.17, 15) is 5.11 Å². The van der Waals surface area contributed by atoms with Gasteiger partial charge in [-0.2, -0.15) is 0 Å². The van der Waals surface area contributed by atoms with Crippen LogP contribution in [0.4, 0.5) is 0 Å². The van der Waals surface area contributed by atoms with Crippen LogP contribution in [0.1, 0.15) is 37.0 Å². The minimum atomic E-state index is -0.421. The van der Waals surface area contributed by atoms with Crippen molar-refractivity contribution in [3.63, 3.8) is 0 Å². The van der Waals surface area contributed by atoms with E-state index in [1.165, 1.54) is 30.6 Å². The van der Waals surface area contributed by atoms with Crippen molar-refractivity contribution >= 4 is 11.3 Å². The molecule has 1 heterocycles. The molecule has 0 spiro atoms. The smallest absolute Gasteiger partial charge is 0.0897 e. The van der Waals surface area contributed by atoms with E-state index in [2.05, 4.69) is 11.4 Å². The summed E-state index contributed by atoms with van der Waals surface area (Å²) in [7, 11) is 0. The molecule has 1 aromatic rings. The van der Waals surface area contributed by atoms with Crippen molar-refractivity contribution in [3.8, 4) is 0 Å². The maximum absolute atomic E-state index is 9.82. The van der Waals surface area contributed by atoms with Crippen molar-refractivity contribution in [2.24, 2.45) is 0 Å². The third kappa shape index (κ3) is 6.18. The van der Waals surface area contributed by atoms with Crippen LogP contribution in [0.5, 0.6) is 0 Å². The molecule has 0 radical (unpaired) electrons. The molecule has 0 saturated carbocycles. The normalized spacial score (nSPS) is 16.9. The van der Waals surface area contributed by atoms with Gasteiger partial charge in [-0.25, -0.2) is 0 Å². The number of hydrogen-bond acceptors (Lipinski definition) is 4. The third-order valence-electron chi connectivity index (χ3n) is 3.52. The molecule has 2 N–H and O–H groups in total. The number of allylic oxidation sites excluding steroid dienone is 1. The van der Waals surface area contributed by atoms with Crippen molar-refractivity contribution in [1.82, 2.24) is 5.32 Å². The minimum Gasteiger partial charge on any atom is -0.389 e. The zero-order chi connectivity index (χ0) is 14.0. The Morgan fingerprint density at radius 2 is 2.35 bits per heavy atom. The van der Waals surface area contributed by atoms with Crippen molar-refractivity contribution in [1.29, 1.82) is 0 Å². The van der Waals surface area contributed by atoms with Gasteiger partial charge in [0.25, 0.3) is 0 Å². The summed E-state index contributed by atoms with van der Waals surface area (Å²) in [5, 5.41) is 15.2. The van der Waals surface area contributed by atoms with Crippen LogP contribution < -0.4 is 5.32 Å². The van der Waals surface area contributed by atoms with Crippen molar-refractivity contribution in [2.75, 3.05) is 19.7 Å². The number of hydrogen-bond donors (Lipinski definition) is 2. The fourth-order valence-corrected chi connectivity index (χ4v) is 3.04. The van der Waals surface area contributed by atoms with E-state index >= 15 is 0 Å². The SMILES string of the molecule is OC(CNCCC1=CCCCC1)COCc1cccs1. The molecular formula is C16H25NO2S. The number of nitrogens with one attached hydrogen (secondary N) is 1. The molecule has 112 valence electrons. The summed E-state index contributed by atoms with van der Waals surface area (Å²) in [6.07, 6.45) is 8.26. The Kier molecular flexibility index (Phi) is 7.30. The Morgan fingerprint density at radius 3 is 3.10 bits per heavy atom. The van der Waals surface area contributed by atoms with Gasteiger partial charge in [0.1, 0.15) is 0 Å². The molecule has 4 heteroatoms. The van der Waals surface area contributed by atoms with Crippen LogP contribution in [-0.2, 0) is 11.3 Å². The zero-order valence-electron chi connectivity index (χ0n) is 12.0. The van der Waals surface area contributed by atoms with Crippen LogP contribution in [0.2, 0.25) is 0 Å². The van der Waals surface area contributed by atoms with E-state index in [1.54, 1.807) is 16.9 Å². The van der Waals surface area contributed by atoms with E-state index in [1.807, 2.05) is 17.5 Å². The Morgan fingerprint density at radius 1 is 1.40 bits per heavy atom. The Hall–Kier alpha value is -0.680. The van der Waals surface area contributed by atoms with Crippen LogP contribution in [-0.4, -0.2) is 30.9 Å². The van der Waals surface area contributed by atoms with Crippen LogP contribution in [0.25, 0.3) is 0 Å².